The Hall–Kier alpha value is -1.99. The fourth-order valence-corrected chi connectivity index (χ4v) is 12.3. The van der Waals surface area contributed by atoms with Gasteiger partial charge in [0.15, 0.2) is 17.4 Å². The highest BCUT2D eigenvalue weighted by atomic mass is 16.8. The molecular weight excluding hydrogens is 714 g/mol. The van der Waals surface area contributed by atoms with Crippen molar-refractivity contribution in [2.75, 3.05) is 6.54 Å². The van der Waals surface area contributed by atoms with Crippen molar-refractivity contribution < 1.29 is 48.6 Å². The summed E-state index contributed by atoms with van der Waals surface area (Å²) >= 11 is 0. The average molecular weight is 782 g/mol. The van der Waals surface area contributed by atoms with Crippen molar-refractivity contribution in [1.29, 1.82) is 0 Å². The summed E-state index contributed by atoms with van der Waals surface area (Å²) in [6, 6.07) is 0. The van der Waals surface area contributed by atoms with Gasteiger partial charge in [-0.25, -0.2) is 0 Å². The third kappa shape index (κ3) is 7.32. The summed E-state index contributed by atoms with van der Waals surface area (Å²) in [7, 11) is 0. The number of aliphatic hydroxyl groups is 2. The molecule has 11 heteroatoms. The number of fused-ring (bicyclic) bond motifs is 6. The van der Waals surface area contributed by atoms with Crippen molar-refractivity contribution >= 4 is 17.5 Å². The molecule has 312 valence electrons. The monoisotopic (exact) mass is 781 g/mol. The molecule has 7 heterocycles. The van der Waals surface area contributed by atoms with Crippen LogP contribution >= 0.6 is 0 Å². The number of Topliss-reactive ketones (excluding diaryl/α,β-unsaturated/α-hetero) is 1. The number of hydrogen-bond donors (Lipinski definition) is 3. The van der Waals surface area contributed by atoms with E-state index in [4.69, 9.17) is 28.7 Å². The van der Waals surface area contributed by atoms with Gasteiger partial charge in [-0.05, 0) is 100 Å². The fourth-order valence-electron chi connectivity index (χ4n) is 12.3. The zero-order valence-corrected chi connectivity index (χ0v) is 34.4. The summed E-state index contributed by atoms with van der Waals surface area (Å²) in [4.78, 5) is 30.7. The first-order chi connectivity index (χ1) is 26.5. The third-order valence-electron chi connectivity index (χ3n) is 15.6. The van der Waals surface area contributed by atoms with E-state index in [0.717, 1.165) is 50.6 Å². The number of carboxylic acids is 1. The Morgan fingerprint density at radius 3 is 2.45 bits per heavy atom. The maximum Gasteiger partial charge on any atom is 0.303 e. The number of ether oxygens (including phenoxy) is 5. The van der Waals surface area contributed by atoms with E-state index in [-0.39, 0.29) is 60.1 Å². The second-order valence-electron chi connectivity index (χ2n) is 20.0. The van der Waals surface area contributed by atoms with Crippen LogP contribution in [0.4, 0.5) is 0 Å². The second kappa shape index (κ2) is 14.9. The molecule has 7 aliphatic heterocycles. The maximum absolute atomic E-state index is 13.7. The van der Waals surface area contributed by atoms with Crippen LogP contribution in [0.5, 0.6) is 0 Å². The van der Waals surface area contributed by atoms with E-state index in [2.05, 4.69) is 33.4 Å². The summed E-state index contributed by atoms with van der Waals surface area (Å²) in [6.45, 7) is 16.0. The highest BCUT2D eigenvalue weighted by molar-refractivity contribution is 5.98. The molecule has 1 aliphatic carbocycles. The molecule has 11 nitrogen and oxygen atoms in total. The molecular formula is C45H67NO10. The van der Waals surface area contributed by atoms with Gasteiger partial charge in [-0.2, -0.15) is 0 Å². The number of rotatable bonds is 4. The molecule has 8 rings (SSSR count). The molecule has 0 aromatic rings. The van der Waals surface area contributed by atoms with Gasteiger partial charge in [-0.15, -0.1) is 0 Å². The Labute approximate surface area is 333 Å². The molecule has 0 unspecified atom stereocenters. The number of carbonyl (C=O) groups excluding carboxylic acids is 1. The Kier molecular flexibility index (Phi) is 10.9. The highest BCUT2D eigenvalue weighted by Crippen LogP contribution is 2.59. The van der Waals surface area contributed by atoms with Gasteiger partial charge >= 0.3 is 5.97 Å². The molecule has 0 aromatic carbocycles. The molecule has 3 N–H and O–H groups in total. The van der Waals surface area contributed by atoms with Crippen molar-refractivity contribution in [2.45, 2.75) is 197 Å². The SMILES string of the molecule is C=C1CCCC2=NC[C@@H](C)[C@H](C)C[C@]23CCC(C(=O)CCC(=O)O)=C[C@H]3[C@H]2O[C@]3(C[C@H](C)C[C@@H]2O3)C[C@H]2O[C@]3(CC[C@]4(O[C@H](CC[C@]4(C)O)C1)O3)C[C@@H](C)[C@H]2O. The topological polar surface area (TPSA) is 153 Å². The van der Waals surface area contributed by atoms with Crippen LogP contribution in [0.25, 0.3) is 0 Å². The summed E-state index contributed by atoms with van der Waals surface area (Å²) in [5, 5.41) is 33.1. The first-order valence-electron chi connectivity index (χ1n) is 21.9. The van der Waals surface area contributed by atoms with E-state index in [0.29, 0.717) is 75.2 Å². The lowest BCUT2D eigenvalue weighted by molar-refractivity contribution is -0.411. The van der Waals surface area contributed by atoms with Crippen LogP contribution in [0.3, 0.4) is 0 Å². The number of nitrogens with zero attached hydrogens (tertiary/aromatic N) is 1. The van der Waals surface area contributed by atoms with Gasteiger partial charge in [0.2, 0.25) is 5.79 Å². The van der Waals surface area contributed by atoms with E-state index < -0.39 is 41.1 Å². The van der Waals surface area contributed by atoms with Gasteiger partial charge in [0.25, 0.3) is 0 Å². The van der Waals surface area contributed by atoms with Gasteiger partial charge in [0, 0.05) is 62.1 Å². The van der Waals surface area contributed by atoms with E-state index in [9.17, 15) is 24.9 Å². The molecule has 0 radical (unpaired) electrons. The normalized spacial score (nSPS) is 49.5. The van der Waals surface area contributed by atoms with Crippen molar-refractivity contribution in [3.63, 3.8) is 0 Å². The molecule has 4 spiro atoms. The summed E-state index contributed by atoms with van der Waals surface area (Å²) in [5.74, 6) is -3.66. The standard InChI is InChI=1S/C45H67NO10/c1-26-8-7-9-37-42(22-28(3)30(5)25-46-37)15-12-31(34(47)10-11-38(48)49)20-33(42)40-35-19-27(2)21-44(53-35,55-40)24-36-39(50)29(4)23-43(54-36)16-17-45(56-43)41(6,51)14-13-32(18-26)52-45/h20,27-30,32-33,35-36,39-40,50-51H,1,7-19,21-25H2,2-6H3,(H,48,49)/t27-,28-,29-,30-,32-,33+,35+,36-,39-,40-,41+,42+,43+,44-,45+/m1/s1. The minimum Gasteiger partial charge on any atom is -0.481 e. The predicted molar refractivity (Wildman–Crippen MR) is 209 cm³/mol. The molecule has 0 saturated carbocycles. The minimum atomic E-state index is -1.23. The number of carboxylic acid groups (broad SMARTS) is 1. The van der Waals surface area contributed by atoms with Crippen molar-refractivity contribution in [3.8, 4) is 0 Å². The van der Waals surface area contributed by atoms with Gasteiger partial charge in [0.1, 0.15) is 5.60 Å². The number of ketones is 1. The second-order valence-corrected chi connectivity index (χ2v) is 20.0. The van der Waals surface area contributed by atoms with E-state index >= 15 is 0 Å². The lowest BCUT2D eigenvalue weighted by Crippen LogP contribution is -2.62. The van der Waals surface area contributed by atoms with Gasteiger partial charge in [-0.1, -0.05) is 45.9 Å². The van der Waals surface area contributed by atoms with Gasteiger partial charge in [0.05, 0.1) is 36.9 Å². The first-order valence-corrected chi connectivity index (χ1v) is 21.9. The largest absolute Gasteiger partial charge is 0.481 e. The Morgan fingerprint density at radius 2 is 1.66 bits per heavy atom. The molecule has 6 saturated heterocycles. The molecule has 7 bridgehead atoms. The zero-order chi connectivity index (χ0) is 39.8. The van der Waals surface area contributed by atoms with Crippen LogP contribution in [0.15, 0.2) is 28.8 Å². The third-order valence-corrected chi connectivity index (χ3v) is 15.6. The maximum atomic E-state index is 13.7. The molecule has 8 aliphatic rings. The van der Waals surface area contributed by atoms with Crippen LogP contribution in [0.2, 0.25) is 0 Å². The molecule has 6 fully saturated rings. The van der Waals surface area contributed by atoms with Crippen LogP contribution in [-0.2, 0) is 33.3 Å². The highest BCUT2D eigenvalue weighted by Gasteiger charge is 2.66. The molecule has 56 heavy (non-hydrogen) atoms. The van der Waals surface area contributed by atoms with Crippen molar-refractivity contribution in [2.24, 2.45) is 40.0 Å². The number of aliphatic imine (C=N–C) groups is 1. The van der Waals surface area contributed by atoms with Crippen molar-refractivity contribution in [3.05, 3.63) is 23.8 Å². The Morgan fingerprint density at radius 1 is 0.875 bits per heavy atom. The van der Waals surface area contributed by atoms with E-state index in [1.165, 1.54) is 5.71 Å². The van der Waals surface area contributed by atoms with Gasteiger partial charge in [-0.3, -0.25) is 14.6 Å². The first kappa shape index (κ1) is 40.8. The number of allylic oxidation sites excluding steroid dienone is 1. The predicted octanol–water partition coefficient (Wildman–Crippen LogP) is 7.21. The lowest BCUT2D eigenvalue weighted by Gasteiger charge is -2.51. The number of carbonyl (C=O) groups is 2. The minimum absolute atomic E-state index is 0.0237. The zero-order valence-electron chi connectivity index (χ0n) is 34.4. The lowest BCUT2D eigenvalue weighted by atomic mass is 9.57. The summed E-state index contributed by atoms with van der Waals surface area (Å²) in [6.07, 6.45) is 9.69. The number of hydrogen-bond acceptors (Lipinski definition) is 10. The van der Waals surface area contributed by atoms with Gasteiger partial charge < -0.3 is 39.0 Å². The van der Waals surface area contributed by atoms with Crippen LogP contribution in [0.1, 0.15) is 144 Å². The van der Waals surface area contributed by atoms with Crippen LogP contribution < -0.4 is 0 Å². The fraction of sp³-hybridized carbons (Fsp3) is 0.844. The number of aliphatic hydroxyl groups excluding tert-OH is 1. The molecule has 0 aromatic heterocycles. The average Bonchev–Trinajstić information content (AvgIpc) is 3.57. The van der Waals surface area contributed by atoms with Crippen LogP contribution in [0, 0.1) is 35.0 Å². The quantitative estimate of drug-likeness (QED) is 0.250. The summed E-state index contributed by atoms with van der Waals surface area (Å²) < 4.78 is 35.2. The van der Waals surface area contributed by atoms with Crippen molar-refractivity contribution in [1.82, 2.24) is 0 Å². The molecule has 0 amide bonds. The Balaban J connectivity index is 1.21. The smallest absolute Gasteiger partial charge is 0.303 e. The number of aliphatic carboxylic acids is 1. The summed E-state index contributed by atoms with van der Waals surface area (Å²) in [5.41, 5.74) is 1.43. The van der Waals surface area contributed by atoms with Crippen LogP contribution in [-0.4, -0.2) is 92.8 Å². The van der Waals surface area contributed by atoms with E-state index in [1.54, 1.807) is 0 Å². The molecule has 15 atom stereocenters. The van der Waals surface area contributed by atoms with E-state index in [1.807, 2.05) is 13.8 Å². The Bertz CT molecular complexity index is 1620.